The van der Waals surface area contributed by atoms with E-state index in [1.165, 1.54) is 17.8 Å². The van der Waals surface area contributed by atoms with Crippen LogP contribution >= 0.6 is 11.8 Å². The molecule has 2 N–H and O–H groups in total. The summed E-state index contributed by atoms with van der Waals surface area (Å²) >= 11 is 1.45. The minimum atomic E-state index is -0.513. The van der Waals surface area contributed by atoms with E-state index in [1.807, 2.05) is 6.26 Å². The number of benzene rings is 1. The van der Waals surface area contributed by atoms with Crippen LogP contribution in [0.5, 0.6) is 0 Å². The molecule has 1 aromatic carbocycles. The van der Waals surface area contributed by atoms with Gasteiger partial charge in [-0.1, -0.05) is 0 Å². The van der Waals surface area contributed by atoms with Gasteiger partial charge in [-0.25, -0.2) is 0 Å². The van der Waals surface area contributed by atoms with Crippen molar-refractivity contribution < 1.29 is 9.72 Å². The number of nitro groups is 1. The topological polar surface area (TPSA) is 89.5 Å². The number of nitro benzene ring substituents is 1. The van der Waals surface area contributed by atoms with Gasteiger partial charge in [-0.05, 0) is 31.2 Å². The molecule has 1 saturated heterocycles. The molecule has 20 heavy (non-hydrogen) atoms. The van der Waals surface area contributed by atoms with Crippen molar-refractivity contribution in [2.45, 2.75) is 23.8 Å². The van der Waals surface area contributed by atoms with Gasteiger partial charge in [0.1, 0.15) is 5.56 Å². The quantitative estimate of drug-likeness (QED) is 0.522. The molecule has 0 aromatic heterocycles. The second-order valence-electron chi connectivity index (χ2n) is 4.79. The lowest BCUT2D eigenvalue weighted by molar-refractivity contribution is -0.385. The first-order valence-electron chi connectivity index (χ1n) is 6.40. The molecule has 108 valence electrons. The van der Waals surface area contributed by atoms with Crippen LogP contribution in [0, 0.1) is 10.1 Å². The van der Waals surface area contributed by atoms with Crippen LogP contribution in [0.25, 0.3) is 0 Å². The molecule has 6 nitrogen and oxygen atoms in total. The van der Waals surface area contributed by atoms with Gasteiger partial charge in [-0.3, -0.25) is 14.9 Å². The van der Waals surface area contributed by atoms with Crippen LogP contribution in [0.4, 0.5) is 5.69 Å². The third-order valence-corrected chi connectivity index (χ3v) is 4.10. The highest BCUT2D eigenvalue weighted by atomic mass is 32.2. The van der Waals surface area contributed by atoms with Crippen LogP contribution in [0.2, 0.25) is 0 Å². The van der Waals surface area contributed by atoms with E-state index < -0.39 is 4.92 Å². The number of carbonyl (C=O) groups is 1. The number of thioether (sulfide) groups is 1. The Hall–Kier alpha value is -1.60. The van der Waals surface area contributed by atoms with Gasteiger partial charge < -0.3 is 10.6 Å². The third kappa shape index (κ3) is 3.10. The zero-order chi connectivity index (χ0) is 14.7. The van der Waals surface area contributed by atoms with Crippen molar-refractivity contribution >= 4 is 23.4 Å². The highest BCUT2D eigenvalue weighted by Crippen LogP contribution is 2.26. The first-order valence-corrected chi connectivity index (χ1v) is 7.62. The summed E-state index contributed by atoms with van der Waals surface area (Å²) in [6.45, 7) is 1.06. The SMILES string of the molecule is CSc1ccc([N+](=O)[O-])c(C(=O)N2CCCC(N)C2)c1. The van der Waals surface area contributed by atoms with Crippen LogP contribution in [0.3, 0.4) is 0 Å². The van der Waals surface area contributed by atoms with Crippen LogP contribution in [0.1, 0.15) is 23.2 Å². The molecule has 1 amide bonds. The Morgan fingerprint density at radius 2 is 2.30 bits per heavy atom. The largest absolute Gasteiger partial charge is 0.337 e. The maximum absolute atomic E-state index is 12.5. The van der Waals surface area contributed by atoms with E-state index in [-0.39, 0.29) is 23.2 Å². The number of piperidine rings is 1. The molecular formula is C13H17N3O3S. The van der Waals surface area contributed by atoms with Gasteiger partial charge in [-0.15, -0.1) is 11.8 Å². The summed E-state index contributed by atoms with van der Waals surface area (Å²) < 4.78 is 0. The molecule has 1 fully saturated rings. The highest BCUT2D eigenvalue weighted by Gasteiger charge is 2.28. The minimum Gasteiger partial charge on any atom is -0.337 e. The van der Waals surface area contributed by atoms with Gasteiger partial charge in [0.05, 0.1) is 4.92 Å². The predicted octanol–water partition coefficient (Wildman–Crippen LogP) is 1.88. The Labute approximate surface area is 121 Å². The van der Waals surface area contributed by atoms with E-state index in [2.05, 4.69) is 0 Å². The van der Waals surface area contributed by atoms with E-state index in [1.54, 1.807) is 17.0 Å². The maximum Gasteiger partial charge on any atom is 0.282 e. The molecule has 0 spiro atoms. The van der Waals surface area contributed by atoms with Gasteiger partial charge >= 0.3 is 0 Å². The smallest absolute Gasteiger partial charge is 0.282 e. The zero-order valence-electron chi connectivity index (χ0n) is 11.2. The van der Waals surface area contributed by atoms with Crippen molar-refractivity contribution in [1.82, 2.24) is 4.90 Å². The number of hydrogen-bond acceptors (Lipinski definition) is 5. The van der Waals surface area contributed by atoms with Crippen molar-refractivity contribution in [3.63, 3.8) is 0 Å². The van der Waals surface area contributed by atoms with Crippen molar-refractivity contribution in [2.75, 3.05) is 19.3 Å². The fourth-order valence-corrected chi connectivity index (χ4v) is 2.78. The second kappa shape index (κ2) is 6.23. The van der Waals surface area contributed by atoms with Gasteiger partial charge in [0, 0.05) is 30.1 Å². The summed E-state index contributed by atoms with van der Waals surface area (Å²) in [5.74, 6) is -0.303. The van der Waals surface area contributed by atoms with Gasteiger partial charge in [0.25, 0.3) is 11.6 Å². The van der Waals surface area contributed by atoms with Gasteiger partial charge in [0.15, 0.2) is 0 Å². The van der Waals surface area contributed by atoms with Crippen molar-refractivity contribution in [3.05, 3.63) is 33.9 Å². The van der Waals surface area contributed by atoms with Gasteiger partial charge in [0.2, 0.25) is 0 Å². The first-order chi connectivity index (χ1) is 9.52. The Kier molecular flexibility index (Phi) is 4.61. The number of hydrogen-bond donors (Lipinski definition) is 1. The summed E-state index contributed by atoms with van der Waals surface area (Å²) in [6.07, 6.45) is 3.59. The molecule has 7 heteroatoms. The maximum atomic E-state index is 12.5. The summed E-state index contributed by atoms with van der Waals surface area (Å²) in [5, 5.41) is 11.1. The van der Waals surface area contributed by atoms with Crippen LogP contribution in [-0.4, -0.2) is 41.1 Å². The lowest BCUT2D eigenvalue weighted by Crippen LogP contribution is -2.45. The zero-order valence-corrected chi connectivity index (χ0v) is 12.1. The normalized spacial score (nSPS) is 18.9. The van der Waals surface area contributed by atoms with E-state index >= 15 is 0 Å². The minimum absolute atomic E-state index is 0.0458. The molecule has 1 aromatic rings. The van der Waals surface area contributed by atoms with E-state index in [0.717, 1.165) is 17.7 Å². The highest BCUT2D eigenvalue weighted by molar-refractivity contribution is 7.98. The molecule has 0 aliphatic carbocycles. The number of nitrogens with two attached hydrogens (primary N) is 1. The predicted molar refractivity (Wildman–Crippen MR) is 78.0 cm³/mol. The molecule has 2 rings (SSSR count). The average molecular weight is 295 g/mol. The number of rotatable bonds is 3. The first kappa shape index (κ1) is 14.8. The second-order valence-corrected chi connectivity index (χ2v) is 5.67. The Morgan fingerprint density at radius 3 is 2.90 bits per heavy atom. The Bertz CT molecular complexity index is 536. The van der Waals surface area contributed by atoms with Crippen LogP contribution in [0.15, 0.2) is 23.1 Å². The number of nitrogens with zero attached hydrogens (tertiary/aromatic N) is 2. The molecular weight excluding hydrogens is 278 g/mol. The van der Waals surface area contributed by atoms with Crippen molar-refractivity contribution in [3.8, 4) is 0 Å². The Morgan fingerprint density at radius 1 is 1.55 bits per heavy atom. The monoisotopic (exact) mass is 295 g/mol. The fraction of sp³-hybridized carbons (Fsp3) is 0.462. The lowest BCUT2D eigenvalue weighted by atomic mass is 10.0. The summed E-state index contributed by atoms with van der Waals surface area (Å²) in [6, 6.07) is 4.59. The summed E-state index contributed by atoms with van der Waals surface area (Å²) in [5.41, 5.74) is 5.87. The van der Waals surface area contributed by atoms with Crippen molar-refractivity contribution in [2.24, 2.45) is 5.73 Å². The molecule has 0 saturated carbocycles. The Balaban J connectivity index is 2.34. The lowest BCUT2D eigenvalue weighted by Gasteiger charge is -2.30. The van der Waals surface area contributed by atoms with E-state index in [0.29, 0.717) is 13.1 Å². The summed E-state index contributed by atoms with van der Waals surface area (Å²) in [7, 11) is 0. The number of likely N-dealkylation sites (tertiary alicyclic amines) is 1. The fourth-order valence-electron chi connectivity index (χ4n) is 2.34. The number of carbonyl (C=O) groups excluding carboxylic acids is 1. The average Bonchev–Trinajstić information content (AvgIpc) is 2.45. The molecule has 1 aliphatic rings. The molecule has 0 radical (unpaired) electrons. The van der Waals surface area contributed by atoms with E-state index in [4.69, 9.17) is 5.73 Å². The standard InChI is InChI=1S/C13H17N3O3S/c1-20-10-4-5-12(16(18)19)11(7-10)13(17)15-6-2-3-9(14)8-15/h4-5,7,9H,2-3,6,8,14H2,1H3. The molecule has 1 aliphatic heterocycles. The molecule has 0 bridgehead atoms. The van der Waals surface area contributed by atoms with E-state index in [9.17, 15) is 14.9 Å². The molecule has 1 heterocycles. The van der Waals surface area contributed by atoms with Crippen LogP contribution in [-0.2, 0) is 0 Å². The number of amides is 1. The third-order valence-electron chi connectivity index (χ3n) is 3.38. The van der Waals surface area contributed by atoms with Gasteiger partial charge in [-0.2, -0.15) is 0 Å². The molecule has 1 atom stereocenters. The van der Waals surface area contributed by atoms with Crippen LogP contribution < -0.4 is 5.73 Å². The molecule has 1 unspecified atom stereocenters. The van der Waals surface area contributed by atoms with Crippen molar-refractivity contribution in [1.29, 1.82) is 0 Å². The summed E-state index contributed by atoms with van der Waals surface area (Å²) in [4.78, 5) is 25.5.